The fourth-order valence-electron chi connectivity index (χ4n) is 4.21. The second-order valence-electron chi connectivity index (χ2n) is 9.49. The Bertz CT molecular complexity index is 1430. The number of rotatable bonds is 9. The summed E-state index contributed by atoms with van der Waals surface area (Å²) >= 11 is 0. The molecule has 0 unspecified atom stereocenters. The zero-order valence-electron chi connectivity index (χ0n) is 24.1. The van der Waals surface area contributed by atoms with Gasteiger partial charge in [0, 0.05) is 32.4 Å². The second-order valence-corrected chi connectivity index (χ2v) is 9.49. The number of nitrogens with one attached hydrogen (secondary N) is 1. The molecule has 0 aliphatic carbocycles. The summed E-state index contributed by atoms with van der Waals surface area (Å²) in [5.41, 5.74) is 1.97. The SMILES string of the molecule is CC.Cc1ccc(Nc2c(C(=O)N(C)C)c(N(C=O)c3cccc(COC4COC4)c3)c(C)c(=O)n2C)c(F)c1. The van der Waals surface area contributed by atoms with Crippen LogP contribution in [0.4, 0.5) is 27.3 Å². The van der Waals surface area contributed by atoms with E-state index in [0.29, 0.717) is 31.9 Å². The fourth-order valence-corrected chi connectivity index (χ4v) is 4.21. The van der Waals surface area contributed by atoms with E-state index >= 15 is 0 Å². The molecule has 3 aromatic rings. The largest absolute Gasteiger partial charge is 0.376 e. The molecule has 2 amide bonds. The molecule has 0 bridgehead atoms. The van der Waals surface area contributed by atoms with E-state index < -0.39 is 17.3 Å². The van der Waals surface area contributed by atoms with Gasteiger partial charge >= 0.3 is 0 Å². The molecule has 1 aliphatic heterocycles. The van der Waals surface area contributed by atoms with Crippen LogP contribution in [0.1, 0.15) is 40.9 Å². The van der Waals surface area contributed by atoms with Crippen LogP contribution in [-0.2, 0) is 27.9 Å². The molecule has 10 heteroatoms. The lowest BCUT2D eigenvalue weighted by Crippen LogP contribution is -2.35. The van der Waals surface area contributed by atoms with Crippen LogP contribution in [0.5, 0.6) is 0 Å². The minimum absolute atomic E-state index is 0.0281. The lowest BCUT2D eigenvalue weighted by molar-refractivity contribution is -0.135. The van der Waals surface area contributed by atoms with Crippen molar-refractivity contribution in [3.05, 3.63) is 80.9 Å². The molecule has 1 fully saturated rings. The number of hydrogen-bond donors (Lipinski definition) is 1. The molecule has 1 aromatic heterocycles. The monoisotopic (exact) mass is 552 g/mol. The van der Waals surface area contributed by atoms with Crippen molar-refractivity contribution < 1.29 is 23.5 Å². The summed E-state index contributed by atoms with van der Waals surface area (Å²) in [4.78, 5) is 42.1. The average molecular weight is 553 g/mol. The molecular weight excluding hydrogens is 515 g/mol. The number of hydrogen-bond acceptors (Lipinski definition) is 6. The van der Waals surface area contributed by atoms with Gasteiger partial charge in [0.05, 0.1) is 31.2 Å². The number of carbonyl (C=O) groups is 2. The predicted octanol–water partition coefficient (Wildman–Crippen LogP) is 4.82. The quantitative estimate of drug-likeness (QED) is 0.383. The van der Waals surface area contributed by atoms with Gasteiger partial charge in [0.25, 0.3) is 11.5 Å². The smallest absolute Gasteiger partial charge is 0.259 e. The summed E-state index contributed by atoms with van der Waals surface area (Å²) in [6, 6.07) is 11.7. The Morgan fingerprint density at radius 3 is 2.45 bits per heavy atom. The fraction of sp³-hybridized carbons (Fsp3) is 0.367. The first-order valence-electron chi connectivity index (χ1n) is 13.1. The van der Waals surface area contributed by atoms with E-state index in [1.54, 1.807) is 52.2 Å². The van der Waals surface area contributed by atoms with E-state index in [2.05, 4.69) is 5.32 Å². The third-order valence-electron chi connectivity index (χ3n) is 6.42. The molecule has 40 heavy (non-hydrogen) atoms. The van der Waals surface area contributed by atoms with Gasteiger partial charge < -0.3 is 19.7 Å². The molecule has 2 heterocycles. The highest BCUT2D eigenvalue weighted by molar-refractivity contribution is 6.08. The molecule has 1 aliphatic rings. The summed E-state index contributed by atoms with van der Waals surface area (Å²) < 4.78 is 27.0. The minimum atomic E-state index is -0.542. The van der Waals surface area contributed by atoms with E-state index in [-0.39, 0.29) is 34.4 Å². The number of benzene rings is 2. The molecule has 0 spiro atoms. The number of anilines is 4. The summed E-state index contributed by atoms with van der Waals surface area (Å²) in [5.74, 6) is -0.946. The van der Waals surface area contributed by atoms with Crippen molar-refractivity contribution in [2.45, 2.75) is 40.4 Å². The molecule has 9 nitrogen and oxygen atoms in total. The van der Waals surface area contributed by atoms with E-state index in [0.717, 1.165) is 11.1 Å². The van der Waals surface area contributed by atoms with Gasteiger partial charge in [-0.2, -0.15) is 0 Å². The maximum atomic E-state index is 14.8. The Balaban J connectivity index is 0.00000216. The third kappa shape index (κ3) is 6.40. The highest BCUT2D eigenvalue weighted by Gasteiger charge is 2.29. The molecule has 2 aromatic carbocycles. The van der Waals surface area contributed by atoms with Crippen molar-refractivity contribution in [3.8, 4) is 0 Å². The standard InChI is InChI=1S/C28H31FN4O5.C2H6/c1-17-9-10-23(22(29)11-17)30-26-24(28(36)31(3)4)25(18(2)27(35)32(26)5)33(16-34)20-8-6-7-19(12-20)13-38-21-14-37-15-21;1-2/h6-12,16,21,30H,13-15H2,1-5H3;1-2H3. The lowest BCUT2D eigenvalue weighted by atomic mass is 10.1. The number of aromatic nitrogens is 1. The Hall–Kier alpha value is -4.02. The predicted molar refractivity (Wildman–Crippen MR) is 154 cm³/mol. The summed E-state index contributed by atoms with van der Waals surface area (Å²) in [6.07, 6.45) is 0.588. The maximum Gasteiger partial charge on any atom is 0.259 e. The first-order valence-corrected chi connectivity index (χ1v) is 13.1. The maximum absolute atomic E-state index is 14.8. The number of carbonyl (C=O) groups excluding carboxylic acids is 2. The summed E-state index contributed by atoms with van der Waals surface area (Å²) in [7, 11) is 4.62. The van der Waals surface area contributed by atoms with Crippen molar-refractivity contribution >= 4 is 35.2 Å². The van der Waals surface area contributed by atoms with Crippen LogP contribution < -0.4 is 15.8 Å². The van der Waals surface area contributed by atoms with E-state index in [1.165, 1.54) is 33.5 Å². The van der Waals surface area contributed by atoms with Crippen LogP contribution >= 0.6 is 0 Å². The topological polar surface area (TPSA) is 93.1 Å². The van der Waals surface area contributed by atoms with E-state index in [4.69, 9.17) is 9.47 Å². The molecule has 0 saturated carbocycles. The Labute approximate surface area is 234 Å². The molecule has 0 atom stereocenters. The van der Waals surface area contributed by atoms with Crippen LogP contribution in [0.15, 0.2) is 47.3 Å². The number of ether oxygens (including phenoxy) is 2. The third-order valence-corrected chi connectivity index (χ3v) is 6.42. The average Bonchev–Trinajstić information content (AvgIpc) is 2.91. The van der Waals surface area contributed by atoms with Gasteiger partial charge in [-0.15, -0.1) is 0 Å². The second kappa shape index (κ2) is 13.4. The molecule has 1 N–H and O–H groups in total. The van der Waals surface area contributed by atoms with E-state index in [9.17, 15) is 18.8 Å². The van der Waals surface area contributed by atoms with Gasteiger partial charge in [0.2, 0.25) is 6.41 Å². The van der Waals surface area contributed by atoms with Gasteiger partial charge in [-0.3, -0.25) is 23.9 Å². The zero-order valence-corrected chi connectivity index (χ0v) is 24.1. The molecule has 214 valence electrons. The Kier molecular flexibility index (Phi) is 10.2. The summed E-state index contributed by atoms with van der Waals surface area (Å²) in [5, 5.41) is 2.93. The van der Waals surface area contributed by atoms with Gasteiger partial charge in [-0.05, 0) is 49.2 Å². The van der Waals surface area contributed by atoms with Gasteiger partial charge in [-0.25, -0.2) is 4.39 Å². The number of aryl methyl sites for hydroxylation is 1. The number of halogens is 1. The van der Waals surface area contributed by atoms with Crippen molar-refractivity contribution in [2.24, 2.45) is 7.05 Å². The van der Waals surface area contributed by atoms with Crippen molar-refractivity contribution in [1.29, 1.82) is 0 Å². The Morgan fingerprint density at radius 2 is 1.88 bits per heavy atom. The highest BCUT2D eigenvalue weighted by Crippen LogP contribution is 2.36. The van der Waals surface area contributed by atoms with Gasteiger partial charge in [0.15, 0.2) is 0 Å². The molecule has 4 rings (SSSR count). The van der Waals surface area contributed by atoms with Crippen molar-refractivity contribution in [2.75, 3.05) is 37.5 Å². The minimum Gasteiger partial charge on any atom is -0.376 e. The van der Waals surface area contributed by atoms with Gasteiger partial charge in [0.1, 0.15) is 23.3 Å². The van der Waals surface area contributed by atoms with Crippen molar-refractivity contribution in [3.63, 3.8) is 0 Å². The van der Waals surface area contributed by atoms with Crippen LogP contribution in [0.2, 0.25) is 0 Å². The van der Waals surface area contributed by atoms with Crippen LogP contribution in [0, 0.1) is 19.7 Å². The molecule has 0 radical (unpaired) electrons. The number of amides is 2. The number of nitrogens with zero attached hydrogens (tertiary/aromatic N) is 3. The van der Waals surface area contributed by atoms with E-state index in [1.807, 2.05) is 19.9 Å². The first kappa shape index (κ1) is 30.5. The molecular formula is C30H37FN4O5. The molecule has 1 saturated heterocycles. The van der Waals surface area contributed by atoms with Crippen LogP contribution in [0.3, 0.4) is 0 Å². The van der Waals surface area contributed by atoms with Gasteiger partial charge in [-0.1, -0.05) is 32.0 Å². The zero-order chi connectivity index (χ0) is 29.6. The van der Waals surface area contributed by atoms with Crippen molar-refractivity contribution in [1.82, 2.24) is 9.47 Å². The normalized spacial score (nSPS) is 12.6. The first-order chi connectivity index (χ1) is 19.1. The van der Waals surface area contributed by atoms with Crippen LogP contribution in [0.25, 0.3) is 0 Å². The highest BCUT2D eigenvalue weighted by atomic mass is 19.1. The summed E-state index contributed by atoms with van der Waals surface area (Å²) in [6.45, 7) is 8.71. The Morgan fingerprint density at radius 1 is 1.18 bits per heavy atom. The number of pyridine rings is 1. The van der Waals surface area contributed by atoms with Crippen LogP contribution in [-0.4, -0.2) is 55.2 Å². The lowest BCUT2D eigenvalue weighted by Gasteiger charge is -2.28.